The van der Waals surface area contributed by atoms with E-state index in [0.29, 0.717) is 0 Å². The molecule has 0 saturated carbocycles. The zero-order chi connectivity index (χ0) is 16.8. The van der Waals surface area contributed by atoms with Gasteiger partial charge >= 0.3 is 0 Å². The number of anilines is 1. The van der Waals surface area contributed by atoms with E-state index in [-0.39, 0.29) is 0 Å². The van der Waals surface area contributed by atoms with Gasteiger partial charge in [0.1, 0.15) is 0 Å². The van der Waals surface area contributed by atoms with Gasteiger partial charge in [-0.2, -0.15) is 0 Å². The van der Waals surface area contributed by atoms with Crippen LogP contribution in [0.4, 0.5) is 11.4 Å². The lowest BCUT2D eigenvalue weighted by molar-refractivity contribution is 1.31. The van der Waals surface area contributed by atoms with E-state index in [4.69, 9.17) is 4.99 Å². The summed E-state index contributed by atoms with van der Waals surface area (Å²) in [6.07, 6.45) is 4.18. The maximum Gasteiger partial charge on any atom is 0.0691 e. The predicted molar refractivity (Wildman–Crippen MR) is 104 cm³/mol. The Kier molecular flexibility index (Phi) is 6.05. The Bertz CT molecular complexity index is 725. The number of rotatable bonds is 5. The molecule has 2 rings (SSSR count). The van der Waals surface area contributed by atoms with Gasteiger partial charge in [-0.25, -0.2) is 0 Å². The van der Waals surface area contributed by atoms with Crippen LogP contribution in [0, 0.1) is 13.8 Å². The van der Waals surface area contributed by atoms with Gasteiger partial charge in [0.05, 0.1) is 11.4 Å². The Morgan fingerprint density at radius 2 is 1.65 bits per heavy atom. The molecule has 1 N–H and O–H groups in total. The minimum absolute atomic E-state index is 0.994. The van der Waals surface area contributed by atoms with Crippen molar-refractivity contribution >= 4 is 28.8 Å². The third kappa shape index (κ3) is 4.73. The lowest BCUT2D eigenvalue weighted by Gasteiger charge is -2.11. The van der Waals surface area contributed by atoms with Crippen molar-refractivity contribution in [2.24, 2.45) is 4.99 Å². The second kappa shape index (κ2) is 8.02. The van der Waals surface area contributed by atoms with Crippen molar-refractivity contribution in [3.63, 3.8) is 0 Å². The van der Waals surface area contributed by atoms with Crippen LogP contribution in [0.1, 0.15) is 25.0 Å². The first kappa shape index (κ1) is 17.4. The minimum Gasteiger partial charge on any atom is -0.358 e. The zero-order valence-electron chi connectivity index (χ0n) is 14.5. The fourth-order valence-electron chi connectivity index (χ4n) is 2.50. The molecule has 0 atom stereocenters. The molecule has 0 radical (unpaired) electrons. The molecule has 0 aliphatic heterocycles. The smallest absolute Gasteiger partial charge is 0.0691 e. The van der Waals surface area contributed by atoms with Gasteiger partial charge in [0.2, 0.25) is 0 Å². The number of hydrogen-bond acceptors (Lipinski definition) is 3. The first-order valence-electron chi connectivity index (χ1n) is 7.71. The molecule has 0 heterocycles. The third-order valence-corrected chi connectivity index (χ3v) is 4.39. The van der Waals surface area contributed by atoms with E-state index in [1.165, 1.54) is 16.0 Å². The van der Waals surface area contributed by atoms with Crippen molar-refractivity contribution < 1.29 is 0 Å². The van der Waals surface area contributed by atoms with E-state index in [9.17, 15) is 0 Å². The van der Waals surface area contributed by atoms with Crippen molar-refractivity contribution in [3.8, 4) is 0 Å². The fraction of sp³-hybridized carbons (Fsp3) is 0.250. The highest BCUT2D eigenvalue weighted by molar-refractivity contribution is 7.98. The molecule has 0 spiro atoms. The first-order valence-corrected chi connectivity index (χ1v) is 8.93. The molecule has 2 aromatic rings. The van der Waals surface area contributed by atoms with Gasteiger partial charge in [-0.3, -0.25) is 4.99 Å². The molecule has 23 heavy (non-hydrogen) atoms. The predicted octanol–water partition coefficient (Wildman–Crippen LogP) is 6.13. The van der Waals surface area contributed by atoms with Crippen LogP contribution in [0.25, 0.3) is 0 Å². The van der Waals surface area contributed by atoms with Crippen LogP contribution in [0.3, 0.4) is 0 Å². The van der Waals surface area contributed by atoms with E-state index in [2.05, 4.69) is 74.8 Å². The summed E-state index contributed by atoms with van der Waals surface area (Å²) >= 11 is 1.74. The van der Waals surface area contributed by atoms with Crippen molar-refractivity contribution in [2.45, 2.75) is 32.6 Å². The molecule has 0 aliphatic rings. The quantitative estimate of drug-likeness (QED) is 0.528. The van der Waals surface area contributed by atoms with E-state index >= 15 is 0 Å². The number of benzene rings is 2. The lowest BCUT2D eigenvalue weighted by atomic mass is 10.1. The number of hydrogen-bond donors (Lipinski definition) is 1. The van der Waals surface area contributed by atoms with Crippen molar-refractivity contribution in [2.75, 3.05) is 11.6 Å². The van der Waals surface area contributed by atoms with Crippen LogP contribution in [0.2, 0.25) is 0 Å². The lowest BCUT2D eigenvalue weighted by Crippen LogP contribution is -1.99. The summed E-state index contributed by atoms with van der Waals surface area (Å²) in [5, 5.41) is 3.47. The molecule has 0 unspecified atom stereocenters. The molecule has 0 fully saturated rings. The van der Waals surface area contributed by atoms with Crippen molar-refractivity contribution in [1.29, 1.82) is 0 Å². The summed E-state index contributed by atoms with van der Waals surface area (Å²) in [6.45, 7) is 8.31. The number of thioether (sulfide) groups is 1. The number of nitrogens with one attached hydrogen (secondary N) is 1. The Labute approximate surface area is 143 Å². The topological polar surface area (TPSA) is 24.4 Å². The minimum atomic E-state index is 0.994. The summed E-state index contributed by atoms with van der Waals surface area (Å²) in [5.41, 5.74) is 6.69. The molecule has 0 aliphatic carbocycles. The molecular weight excluding hydrogens is 300 g/mol. The number of aliphatic imine (C=N–C) groups is 1. The van der Waals surface area contributed by atoms with Gasteiger partial charge in [-0.05, 0) is 63.3 Å². The molecule has 0 amide bonds. The summed E-state index contributed by atoms with van der Waals surface area (Å²) in [5.74, 6) is 0. The first-order chi connectivity index (χ1) is 11.0. The fourth-order valence-corrected chi connectivity index (χ4v) is 3.05. The Hall–Kier alpha value is -2.00. The summed E-state index contributed by atoms with van der Waals surface area (Å²) in [4.78, 5) is 6.02. The molecular formula is C20H24N2S. The van der Waals surface area contributed by atoms with Crippen LogP contribution in [0.5, 0.6) is 0 Å². The number of para-hydroxylation sites is 2. The summed E-state index contributed by atoms with van der Waals surface area (Å²) in [7, 11) is 0. The second-order valence-corrected chi connectivity index (χ2v) is 6.49. The molecule has 2 aromatic carbocycles. The van der Waals surface area contributed by atoms with E-state index in [1.54, 1.807) is 11.8 Å². The Balaban J connectivity index is 2.21. The van der Waals surface area contributed by atoms with Crippen LogP contribution in [-0.4, -0.2) is 12.0 Å². The van der Waals surface area contributed by atoms with Crippen LogP contribution in [-0.2, 0) is 0 Å². The maximum atomic E-state index is 4.78. The third-order valence-electron chi connectivity index (χ3n) is 3.59. The number of aryl methyl sites for hydroxylation is 2. The normalized spacial score (nSPS) is 12.4. The van der Waals surface area contributed by atoms with E-state index in [1.807, 2.05) is 13.0 Å². The SMILES string of the molecule is CSc1ccccc1N/C(C)=C\C(C)=N\c1c(C)cccc1C. The number of nitrogens with zero attached hydrogens (tertiary/aromatic N) is 1. The van der Waals surface area contributed by atoms with E-state index < -0.39 is 0 Å². The van der Waals surface area contributed by atoms with E-state index in [0.717, 1.165) is 22.8 Å². The molecule has 2 nitrogen and oxygen atoms in total. The van der Waals surface area contributed by atoms with Crippen LogP contribution < -0.4 is 5.32 Å². The Morgan fingerprint density at radius 3 is 2.30 bits per heavy atom. The largest absolute Gasteiger partial charge is 0.358 e. The zero-order valence-corrected chi connectivity index (χ0v) is 15.3. The van der Waals surface area contributed by atoms with Gasteiger partial charge < -0.3 is 5.32 Å². The average molecular weight is 324 g/mol. The highest BCUT2D eigenvalue weighted by atomic mass is 32.2. The van der Waals surface area contributed by atoms with Gasteiger partial charge in [0.15, 0.2) is 0 Å². The standard InChI is InChI=1S/C20H24N2S/c1-14-9-8-10-15(2)20(14)22-17(4)13-16(3)21-18-11-6-7-12-19(18)23-5/h6-13,21H,1-5H3/b16-13-,22-17+. The summed E-state index contributed by atoms with van der Waals surface area (Å²) < 4.78 is 0. The highest BCUT2D eigenvalue weighted by Gasteiger charge is 2.02. The van der Waals surface area contributed by atoms with Crippen LogP contribution >= 0.6 is 11.8 Å². The maximum absolute atomic E-state index is 4.78. The average Bonchev–Trinajstić information content (AvgIpc) is 2.51. The second-order valence-electron chi connectivity index (χ2n) is 5.65. The monoisotopic (exact) mass is 324 g/mol. The van der Waals surface area contributed by atoms with Crippen molar-refractivity contribution in [3.05, 3.63) is 65.4 Å². The molecule has 120 valence electrons. The molecule has 0 saturated heterocycles. The van der Waals surface area contributed by atoms with Gasteiger partial charge in [0, 0.05) is 16.3 Å². The van der Waals surface area contributed by atoms with Gasteiger partial charge in [0.25, 0.3) is 0 Å². The summed E-state index contributed by atoms with van der Waals surface area (Å²) in [6, 6.07) is 14.6. The van der Waals surface area contributed by atoms with Crippen LogP contribution in [0.15, 0.2) is 64.1 Å². The van der Waals surface area contributed by atoms with Gasteiger partial charge in [-0.1, -0.05) is 30.3 Å². The Morgan fingerprint density at radius 1 is 1.00 bits per heavy atom. The van der Waals surface area contributed by atoms with Gasteiger partial charge in [-0.15, -0.1) is 11.8 Å². The molecule has 3 heteroatoms. The number of allylic oxidation sites excluding steroid dienone is 2. The molecule has 0 aromatic heterocycles. The van der Waals surface area contributed by atoms with Crippen molar-refractivity contribution in [1.82, 2.24) is 0 Å². The molecule has 0 bridgehead atoms. The highest BCUT2D eigenvalue weighted by Crippen LogP contribution is 2.26.